The molecule has 1 heteroatoms. The van der Waals surface area contributed by atoms with Crippen LogP contribution >= 0.6 is 0 Å². The van der Waals surface area contributed by atoms with E-state index in [-0.39, 0.29) is 0 Å². The molecule has 0 atom stereocenters. The Kier molecular flexibility index (Phi) is 5.59. The van der Waals surface area contributed by atoms with E-state index in [9.17, 15) is 0 Å². The van der Waals surface area contributed by atoms with Crippen LogP contribution in [-0.4, -0.2) is 24.4 Å². The number of nitrogens with zero attached hydrogens (tertiary/aromatic N) is 1. The van der Waals surface area contributed by atoms with Crippen LogP contribution in [0, 0.1) is 6.92 Å². The summed E-state index contributed by atoms with van der Waals surface area (Å²) in [5.74, 6) is 0. The van der Waals surface area contributed by atoms with Crippen molar-refractivity contribution >= 4 is 6.72 Å². The summed E-state index contributed by atoms with van der Waals surface area (Å²) in [6, 6.07) is 0. The van der Waals surface area contributed by atoms with Crippen LogP contribution < -0.4 is 0 Å². The fraction of sp³-hybridized carbons (Fsp3) is 0.750. The van der Waals surface area contributed by atoms with Crippen LogP contribution in [0.4, 0.5) is 0 Å². The second-order valence-electron chi connectivity index (χ2n) is 2.21. The molecule has 0 aromatic carbocycles. The van der Waals surface area contributed by atoms with E-state index in [1.807, 2.05) is 0 Å². The number of hydrogen-bond acceptors (Lipinski definition) is 0. The van der Waals surface area contributed by atoms with E-state index in [1.165, 1.54) is 6.42 Å². The quantitative estimate of drug-likeness (QED) is 0.299. The first-order chi connectivity index (χ1) is 4.31. The Morgan fingerprint density at radius 3 is 2.56 bits per heavy atom. The van der Waals surface area contributed by atoms with Crippen molar-refractivity contribution in [2.75, 3.05) is 13.1 Å². The first-order valence-electron chi connectivity index (χ1n) is 3.56. The highest BCUT2D eigenvalue weighted by molar-refractivity contribution is 5.14. The molecule has 0 amide bonds. The van der Waals surface area contributed by atoms with E-state index in [0.717, 1.165) is 25.9 Å². The van der Waals surface area contributed by atoms with Gasteiger partial charge in [-0.15, -0.1) is 0 Å². The monoisotopic (exact) mass is 126 g/mol. The number of rotatable bonds is 5. The predicted molar refractivity (Wildman–Crippen MR) is 40.9 cm³/mol. The summed E-state index contributed by atoms with van der Waals surface area (Å²) in [5, 5.41) is 0. The highest BCUT2D eigenvalue weighted by atomic mass is 15.0. The summed E-state index contributed by atoms with van der Waals surface area (Å²) < 4.78 is 2.05. The molecule has 0 aliphatic carbocycles. The van der Waals surface area contributed by atoms with Crippen molar-refractivity contribution in [3.63, 3.8) is 0 Å². The molecular weight excluding hydrogens is 110 g/mol. The van der Waals surface area contributed by atoms with Gasteiger partial charge in [0.15, 0.2) is 0 Å². The average Bonchev–Trinajstić information content (AvgIpc) is 1.89. The normalized spacial score (nSPS) is 9.56. The third-order valence-electron chi connectivity index (χ3n) is 1.38. The maximum atomic E-state index is 5.32. The van der Waals surface area contributed by atoms with E-state index < -0.39 is 0 Å². The minimum Gasteiger partial charge on any atom is -0.243 e. The summed E-state index contributed by atoms with van der Waals surface area (Å²) in [7, 11) is 0. The zero-order valence-electron chi connectivity index (χ0n) is 6.27. The van der Waals surface area contributed by atoms with E-state index >= 15 is 0 Å². The van der Waals surface area contributed by atoms with E-state index in [4.69, 9.17) is 6.92 Å². The molecule has 0 heterocycles. The van der Waals surface area contributed by atoms with Crippen LogP contribution in [0.5, 0.6) is 0 Å². The Hall–Kier alpha value is -0.330. The van der Waals surface area contributed by atoms with Crippen molar-refractivity contribution in [1.29, 1.82) is 0 Å². The van der Waals surface area contributed by atoms with E-state index in [2.05, 4.69) is 18.2 Å². The highest BCUT2D eigenvalue weighted by Crippen LogP contribution is 1.92. The Labute approximate surface area is 58.4 Å². The van der Waals surface area contributed by atoms with Gasteiger partial charge in [0.05, 0.1) is 0 Å². The maximum absolute atomic E-state index is 5.32. The Bertz CT molecular complexity index is 76.6. The van der Waals surface area contributed by atoms with Crippen LogP contribution in [0.1, 0.15) is 26.2 Å². The summed E-state index contributed by atoms with van der Waals surface area (Å²) in [5.41, 5.74) is 0. The minimum absolute atomic E-state index is 0.803. The van der Waals surface area contributed by atoms with Crippen molar-refractivity contribution in [2.45, 2.75) is 26.2 Å². The first-order valence-corrected chi connectivity index (χ1v) is 3.56. The Morgan fingerprint density at radius 2 is 2.11 bits per heavy atom. The van der Waals surface area contributed by atoms with Gasteiger partial charge >= 0.3 is 0 Å². The Morgan fingerprint density at radius 1 is 1.44 bits per heavy atom. The van der Waals surface area contributed by atoms with Crippen molar-refractivity contribution < 1.29 is 4.58 Å². The maximum Gasteiger partial charge on any atom is 0.142 e. The lowest BCUT2D eigenvalue weighted by atomic mass is 10.2. The Balaban J connectivity index is 2.97. The molecular formula is C8H16N+. The summed E-state index contributed by atoms with van der Waals surface area (Å²) in [4.78, 5) is 0. The van der Waals surface area contributed by atoms with Crippen LogP contribution in [0.2, 0.25) is 0 Å². The highest BCUT2D eigenvalue weighted by Gasteiger charge is 1.93. The second kappa shape index (κ2) is 5.80. The third kappa shape index (κ3) is 5.54. The van der Waals surface area contributed by atoms with Crippen molar-refractivity contribution in [3.8, 4) is 0 Å². The molecule has 0 aromatic heterocycles. The lowest BCUT2D eigenvalue weighted by molar-refractivity contribution is -0.516. The average molecular weight is 126 g/mol. The molecule has 52 valence electrons. The molecule has 0 saturated carbocycles. The summed E-state index contributed by atoms with van der Waals surface area (Å²) in [6.45, 7) is 13.4. The molecule has 0 fully saturated rings. The van der Waals surface area contributed by atoms with Gasteiger partial charge in [-0.2, -0.15) is 0 Å². The minimum atomic E-state index is 0.803. The standard InChI is InChI=1S/C8H16N/c1-4-6-7-8-9(3)5-2/h1H,3-8H2,2H3/q+1. The molecule has 1 nitrogen and oxygen atoms in total. The van der Waals surface area contributed by atoms with E-state index in [1.54, 1.807) is 0 Å². The van der Waals surface area contributed by atoms with Gasteiger partial charge in [0.2, 0.25) is 0 Å². The summed E-state index contributed by atoms with van der Waals surface area (Å²) >= 11 is 0. The smallest absolute Gasteiger partial charge is 0.142 e. The van der Waals surface area contributed by atoms with Crippen molar-refractivity contribution in [3.05, 3.63) is 6.92 Å². The summed E-state index contributed by atoms with van der Waals surface area (Å²) in [6.07, 6.45) is 3.09. The van der Waals surface area contributed by atoms with Gasteiger partial charge in [0.25, 0.3) is 0 Å². The molecule has 2 radical (unpaired) electrons. The van der Waals surface area contributed by atoms with Crippen LogP contribution in [0.15, 0.2) is 0 Å². The van der Waals surface area contributed by atoms with Crippen LogP contribution in [-0.2, 0) is 0 Å². The third-order valence-corrected chi connectivity index (χ3v) is 1.38. The zero-order chi connectivity index (χ0) is 7.11. The van der Waals surface area contributed by atoms with Gasteiger partial charge in [-0.25, -0.2) is 4.58 Å². The second-order valence-corrected chi connectivity index (χ2v) is 2.21. The van der Waals surface area contributed by atoms with Crippen LogP contribution in [0.25, 0.3) is 0 Å². The molecule has 0 bridgehead atoms. The topological polar surface area (TPSA) is 3.01 Å². The lowest BCUT2D eigenvalue weighted by Crippen LogP contribution is -2.09. The molecule has 0 aliphatic heterocycles. The lowest BCUT2D eigenvalue weighted by Gasteiger charge is -1.95. The molecule has 0 N–H and O–H groups in total. The van der Waals surface area contributed by atoms with Crippen molar-refractivity contribution in [1.82, 2.24) is 0 Å². The predicted octanol–water partition coefficient (Wildman–Crippen LogP) is 1.60. The first kappa shape index (κ1) is 8.67. The van der Waals surface area contributed by atoms with Crippen molar-refractivity contribution in [2.24, 2.45) is 0 Å². The molecule has 9 heavy (non-hydrogen) atoms. The molecule has 0 saturated heterocycles. The molecule has 0 rings (SSSR count). The largest absolute Gasteiger partial charge is 0.243 e. The number of unbranched alkanes of at least 4 members (excludes halogenated alkanes) is 2. The van der Waals surface area contributed by atoms with Gasteiger partial charge in [0, 0.05) is 6.42 Å². The van der Waals surface area contributed by atoms with Gasteiger partial charge in [-0.3, -0.25) is 0 Å². The van der Waals surface area contributed by atoms with Gasteiger partial charge in [-0.1, -0.05) is 0 Å². The van der Waals surface area contributed by atoms with E-state index in [0.29, 0.717) is 0 Å². The molecule has 0 aliphatic rings. The SMILES string of the molecule is [CH]CCCC[N+](=C)CC. The molecule has 0 spiro atoms. The van der Waals surface area contributed by atoms with Gasteiger partial charge in [-0.05, 0) is 26.7 Å². The fourth-order valence-corrected chi connectivity index (χ4v) is 0.638. The van der Waals surface area contributed by atoms with Gasteiger partial charge < -0.3 is 0 Å². The molecule has 0 unspecified atom stereocenters. The van der Waals surface area contributed by atoms with Gasteiger partial charge in [0.1, 0.15) is 19.8 Å². The zero-order valence-corrected chi connectivity index (χ0v) is 6.27. The fourth-order valence-electron chi connectivity index (χ4n) is 0.638. The molecule has 0 aromatic rings. The number of hydrogen-bond donors (Lipinski definition) is 0. The van der Waals surface area contributed by atoms with Crippen LogP contribution in [0.3, 0.4) is 0 Å².